The van der Waals surface area contributed by atoms with Gasteiger partial charge < -0.3 is 10.0 Å². The number of nitrogens with one attached hydrogen (secondary N) is 1. The smallest absolute Gasteiger partial charge is 0.257 e. The van der Waals surface area contributed by atoms with Crippen LogP contribution >= 0.6 is 0 Å². The number of carbonyl (C=O) groups excluding carboxylic acids is 1. The third-order valence-corrected chi connectivity index (χ3v) is 3.40. The number of nitrogens with zero attached hydrogens (tertiary/aromatic N) is 4. The van der Waals surface area contributed by atoms with Crippen LogP contribution in [0.15, 0.2) is 18.2 Å². The van der Waals surface area contributed by atoms with E-state index in [1.54, 1.807) is 24.1 Å². The summed E-state index contributed by atoms with van der Waals surface area (Å²) in [5.41, 5.74) is 1.29. The first kappa shape index (κ1) is 15.0. The largest absolute Gasteiger partial charge is 0.507 e. The molecule has 1 amide bonds. The van der Waals surface area contributed by atoms with E-state index in [4.69, 9.17) is 0 Å². The molecule has 0 aliphatic carbocycles. The quantitative estimate of drug-likeness (QED) is 0.866. The molecule has 7 heteroatoms. The van der Waals surface area contributed by atoms with Gasteiger partial charge in [0.1, 0.15) is 5.75 Å². The highest BCUT2D eigenvalue weighted by atomic mass is 16.3. The Morgan fingerprint density at radius 3 is 2.81 bits per heavy atom. The van der Waals surface area contributed by atoms with Crippen LogP contribution in [0.25, 0.3) is 0 Å². The molecular formula is C14H19N5O2. The van der Waals surface area contributed by atoms with Crippen LogP contribution in [-0.2, 0) is 6.42 Å². The van der Waals surface area contributed by atoms with Crippen molar-refractivity contribution in [1.82, 2.24) is 25.5 Å². The highest BCUT2D eigenvalue weighted by Crippen LogP contribution is 2.21. The van der Waals surface area contributed by atoms with Crippen molar-refractivity contribution in [1.29, 1.82) is 0 Å². The number of carbonyl (C=O) groups is 1. The number of tetrazole rings is 1. The molecule has 21 heavy (non-hydrogen) atoms. The Labute approximate surface area is 123 Å². The number of phenolic OH excluding ortho intramolecular Hbond substituents is 1. The van der Waals surface area contributed by atoms with Gasteiger partial charge in [0.25, 0.3) is 5.91 Å². The molecule has 1 atom stereocenters. The number of hydrogen-bond donors (Lipinski definition) is 2. The summed E-state index contributed by atoms with van der Waals surface area (Å²) in [4.78, 5) is 13.9. The number of hydrogen-bond acceptors (Lipinski definition) is 5. The topological polar surface area (TPSA) is 95.0 Å². The highest BCUT2D eigenvalue weighted by molar-refractivity contribution is 5.96. The number of amides is 1. The molecule has 0 saturated carbocycles. The van der Waals surface area contributed by atoms with Crippen molar-refractivity contribution in [2.75, 3.05) is 13.6 Å². The number of likely N-dealkylation sites (N-methyl/N-ethyl adjacent to an activating group) is 1. The van der Waals surface area contributed by atoms with E-state index in [0.29, 0.717) is 17.9 Å². The number of benzene rings is 1. The van der Waals surface area contributed by atoms with E-state index in [9.17, 15) is 9.90 Å². The number of aromatic hydroxyl groups is 1. The molecule has 112 valence electrons. The second kappa shape index (κ2) is 6.34. The van der Waals surface area contributed by atoms with Gasteiger partial charge in [0.15, 0.2) is 5.82 Å². The van der Waals surface area contributed by atoms with Gasteiger partial charge in [-0.1, -0.05) is 25.1 Å². The van der Waals surface area contributed by atoms with E-state index in [0.717, 1.165) is 12.0 Å². The first-order valence-corrected chi connectivity index (χ1v) is 6.83. The molecule has 0 radical (unpaired) electrons. The Morgan fingerprint density at radius 2 is 2.24 bits per heavy atom. The SMILES string of the molecule is CCc1ccc(C(=O)N(C)CC(C)c2nn[nH]n2)c(O)c1. The molecule has 0 aliphatic heterocycles. The summed E-state index contributed by atoms with van der Waals surface area (Å²) in [5, 5.41) is 23.7. The number of aromatic amines is 1. The average Bonchev–Trinajstić information content (AvgIpc) is 3.00. The zero-order valence-electron chi connectivity index (χ0n) is 12.4. The van der Waals surface area contributed by atoms with E-state index in [2.05, 4.69) is 20.6 Å². The third kappa shape index (κ3) is 3.36. The Kier molecular flexibility index (Phi) is 4.52. The maximum Gasteiger partial charge on any atom is 0.257 e. The van der Waals surface area contributed by atoms with Crippen molar-refractivity contribution in [3.63, 3.8) is 0 Å². The summed E-state index contributed by atoms with van der Waals surface area (Å²) in [5.74, 6) is 0.291. The van der Waals surface area contributed by atoms with Crippen molar-refractivity contribution in [2.24, 2.45) is 0 Å². The standard InChI is InChI=1S/C14H19N5O2/c1-4-10-5-6-11(12(20)7-10)14(21)19(3)8-9(2)13-15-17-18-16-13/h5-7,9,20H,4,8H2,1-3H3,(H,15,16,17,18). The summed E-state index contributed by atoms with van der Waals surface area (Å²) >= 11 is 0. The Bertz CT molecular complexity index is 612. The fourth-order valence-corrected chi connectivity index (χ4v) is 2.14. The average molecular weight is 289 g/mol. The molecule has 2 aromatic rings. The van der Waals surface area contributed by atoms with Gasteiger partial charge >= 0.3 is 0 Å². The molecule has 2 N–H and O–H groups in total. The van der Waals surface area contributed by atoms with Crippen LogP contribution < -0.4 is 0 Å². The fourth-order valence-electron chi connectivity index (χ4n) is 2.14. The van der Waals surface area contributed by atoms with E-state index >= 15 is 0 Å². The van der Waals surface area contributed by atoms with Crippen LogP contribution in [0.2, 0.25) is 0 Å². The summed E-state index contributed by atoms with van der Waals surface area (Å²) in [7, 11) is 1.69. The Morgan fingerprint density at radius 1 is 1.48 bits per heavy atom. The number of phenols is 1. The number of aryl methyl sites for hydroxylation is 1. The lowest BCUT2D eigenvalue weighted by molar-refractivity contribution is 0.0784. The first-order valence-electron chi connectivity index (χ1n) is 6.83. The fraction of sp³-hybridized carbons (Fsp3) is 0.429. The lowest BCUT2D eigenvalue weighted by Gasteiger charge is -2.20. The molecule has 0 saturated heterocycles. The molecule has 0 bridgehead atoms. The first-order chi connectivity index (χ1) is 10.0. The van der Waals surface area contributed by atoms with E-state index < -0.39 is 0 Å². The van der Waals surface area contributed by atoms with Crippen LogP contribution in [0.3, 0.4) is 0 Å². The Balaban J connectivity index is 2.08. The second-order valence-electron chi connectivity index (χ2n) is 5.06. The lowest BCUT2D eigenvalue weighted by Crippen LogP contribution is -2.30. The van der Waals surface area contributed by atoms with E-state index in [1.807, 2.05) is 19.9 Å². The maximum absolute atomic E-state index is 12.4. The van der Waals surface area contributed by atoms with Crippen molar-refractivity contribution in [3.8, 4) is 5.75 Å². The molecule has 1 aromatic carbocycles. The zero-order valence-corrected chi connectivity index (χ0v) is 12.4. The highest BCUT2D eigenvalue weighted by Gasteiger charge is 2.20. The summed E-state index contributed by atoms with van der Waals surface area (Å²) < 4.78 is 0. The van der Waals surface area contributed by atoms with Crippen molar-refractivity contribution >= 4 is 5.91 Å². The van der Waals surface area contributed by atoms with Gasteiger partial charge in [-0.2, -0.15) is 5.21 Å². The summed E-state index contributed by atoms with van der Waals surface area (Å²) in [6.07, 6.45) is 0.812. The van der Waals surface area contributed by atoms with Gasteiger partial charge in [-0.05, 0) is 24.1 Å². The third-order valence-electron chi connectivity index (χ3n) is 3.40. The second-order valence-corrected chi connectivity index (χ2v) is 5.06. The van der Waals surface area contributed by atoms with Gasteiger partial charge in [-0.15, -0.1) is 10.2 Å². The predicted octanol–water partition coefficient (Wildman–Crippen LogP) is 1.34. The Hall–Kier alpha value is -2.44. The van der Waals surface area contributed by atoms with Gasteiger partial charge in [0.2, 0.25) is 0 Å². The molecule has 2 rings (SSSR count). The molecule has 1 aromatic heterocycles. The number of rotatable bonds is 5. The van der Waals surface area contributed by atoms with Gasteiger partial charge in [0, 0.05) is 19.5 Å². The maximum atomic E-state index is 12.4. The van der Waals surface area contributed by atoms with Crippen LogP contribution in [0, 0.1) is 0 Å². The minimum absolute atomic E-state index is 0.0124. The van der Waals surface area contributed by atoms with Crippen LogP contribution in [-0.4, -0.2) is 50.1 Å². The molecule has 0 fully saturated rings. The van der Waals surface area contributed by atoms with E-state index in [-0.39, 0.29) is 17.6 Å². The van der Waals surface area contributed by atoms with Gasteiger partial charge in [0.05, 0.1) is 5.56 Å². The predicted molar refractivity (Wildman–Crippen MR) is 77.0 cm³/mol. The lowest BCUT2D eigenvalue weighted by atomic mass is 10.1. The minimum Gasteiger partial charge on any atom is -0.507 e. The number of aromatic nitrogens is 4. The van der Waals surface area contributed by atoms with Crippen molar-refractivity contribution < 1.29 is 9.90 Å². The molecule has 7 nitrogen and oxygen atoms in total. The molecule has 0 spiro atoms. The normalized spacial score (nSPS) is 12.1. The van der Waals surface area contributed by atoms with Crippen molar-refractivity contribution in [3.05, 3.63) is 35.2 Å². The van der Waals surface area contributed by atoms with Crippen LogP contribution in [0.4, 0.5) is 0 Å². The molecule has 1 heterocycles. The van der Waals surface area contributed by atoms with Gasteiger partial charge in [-0.25, -0.2) is 0 Å². The minimum atomic E-state index is -0.231. The summed E-state index contributed by atoms with van der Waals surface area (Å²) in [6, 6.07) is 5.14. The molecular weight excluding hydrogens is 270 g/mol. The summed E-state index contributed by atoms with van der Waals surface area (Å²) in [6.45, 7) is 4.34. The van der Waals surface area contributed by atoms with E-state index in [1.165, 1.54) is 0 Å². The van der Waals surface area contributed by atoms with Crippen molar-refractivity contribution in [2.45, 2.75) is 26.2 Å². The monoisotopic (exact) mass is 289 g/mol. The van der Waals surface area contributed by atoms with Gasteiger partial charge in [-0.3, -0.25) is 4.79 Å². The molecule has 1 unspecified atom stereocenters. The van der Waals surface area contributed by atoms with Crippen LogP contribution in [0.1, 0.15) is 41.5 Å². The van der Waals surface area contributed by atoms with Crippen LogP contribution in [0.5, 0.6) is 5.75 Å². The molecule has 0 aliphatic rings. The zero-order chi connectivity index (χ0) is 15.4. The number of H-pyrrole nitrogens is 1.